The van der Waals surface area contributed by atoms with Gasteiger partial charge in [-0.3, -0.25) is 9.78 Å². The molecule has 2 aromatic rings. The van der Waals surface area contributed by atoms with Gasteiger partial charge in [-0.05, 0) is 12.1 Å². The van der Waals surface area contributed by atoms with Crippen molar-refractivity contribution in [2.75, 3.05) is 45.3 Å². The number of amides is 1. The molecule has 2 heterocycles. The van der Waals surface area contributed by atoms with Gasteiger partial charge < -0.3 is 19.3 Å². The largest absolute Gasteiger partial charge is 0.495 e. The van der Waals surface area contributed by atoms with Crippen molar-refractivity contribution in [3.05, 3.63) is 47.2 Å². The molecular formula is C18H20ClN3O3. The number of carbonyl (C=O) groups excluding carboxylic acids is 1. The van der Waals surface area contributed by atoms with Crippen molar-refractivity contribution < 1.29 is 14.3 Å². The summed E-state index contributed by atoms with van der Waals surface area (Å²) in [7, 11) is 3.20. The lowest BCUT2D eigenvalue weighted by molar-refractivity contribution is 0.0746. The van der Waals surface area contributed by atoms with Gasteiger partial charge in [-0.1, -0.05) is 11.6 Å². The van der Waals surface area contributed by atoms with E-state index in [0.29, 0.717) is 48.3 Å². The van der Waals surface area contributed by atoms with Gasteiger partial charge in [-0.2, -0.15) is 0 Å². The molecule has 3 rings (SSSR count). The molecule has 0 atom stereocenters. The van der Waals surface area contributed by atoms with Gasteiger partial charge in [-0.15, -0.1) is 0 Å². The highest BCUT2D eigenvalue weighted by Gasteiger charge is 2.24. The van der Waals surface area contributed by atoms with Crippen LogP contribution >= 0.6 is 11.6 Å². The number of aromatic nitrogens is 1. The predicted molar refractivity (Wildman–Crippen MR) is 96.9 cm³/mol. The van der Waals surface area contributed by atoms with E-state index in [2.05, 4.69) is 9.88 Å². The first-order chi connectivity index (χ1) is 12.1. The number of anilines is 1. The van der Waals surface area contributed by atoms with Crippen molar-refractivity contribution in [2.45, 2.75) is 0 Å². The van der Waals surface area contributed by atoms with Crippen LogP contribution in [0.1, 0.15) is 10.4 Å². The van der Waals surface area contributed by atoms with Gasteiger partial charge in [-0.25, -0.2) is 0 Å². The molecule has 0 aliphatic carbocycles. The summed E-state index contributed by atoms with van der Waals surface area (Å²) in [6, 6.07) is 7.19. The summed E-state index contributed by atoms with van der Waals surface area (Å²) < 4.78 is 10.8. The molecule has 1 amide bonds. The molecular weight excluding hydrogens is 342 g/mol. The lowest BCUT2D eigenvalue weighted by atomic mass is 10.2. The quantitative estimate of drug-likeness (QED) is 0.838. The fourth-order valence-corrected chi connectivity index (χ4v) is 3.14. The van der Waals surface area contributed by atoms with Gasteiger partial charge in [0, 0.05) is 50.7 Å². The maximum atomic E-state index is 12.5. The maximum Gasteiger partial charge on any atom is 0.255 e. The normalized spacial score (nSPS) is 14.4. The molecule has 132 valence electrons. The number of benzene rings is 1. The van der Waals surface area contributed by atoms with Crippen molar-refractivity contribution >= 4 is 23.2 Å². The Kier molecular flexibility index (Phi) is 5.28. The fourth-order valence-electron chi connectivity index (χ4n) is 2.91. The average molecular weight is 362 g/mol. The SMILES string of the molecule is COc1cc(N2CCN(C(=O)c3cccnc3)CC2)c(OC)cc1Cl. The van der Waals surface area contributed by atoms with E-state index in [4.69, 9.17) is 21.1 Å². The van der Waals surface area contributed by atoms with Crippen LogP contribution in [-0.4, -0.2) is 56.2 Å². The van der Waals surface area contributed by atoms with Crippen molar-refractivity contribution in [1.29, 1.82) is 0 Å². The molecule has 1 aromatic heterocycles. The molecule has 1 aliphatic rings. The van der Waals surface area contributed by atoms with Gasteiger partial charge >= 0.3 is 0 Å². The monoisotopic (exact) mass is 361 g/mol. The zero-order chi connectivity index (χ0) is 17.8. The molecule has 1 saturated heterocycles. The van der Waals surface area contributed by atoms with Crippen LogP contribution in [0.2, 0.25) is 5.02 Å². The third-order valence-corrected chi connectivity index (χ3v) is 4.56. The Morgan fingerprint density at radius 3 is 2.44 bits per heavy atom. The summed E-state index contributed by atoms with van der Waals surface area (Å²) in [6.45, 7) is 2.66. The van der Waals surface area contributed by atoms with E-state index < -0.39 is 0 Å². The Morgan fingerprint density at radius 1 is 1.12 bits per heavy atom. The van der Waals surface area contributed by atoms with Crippen molar-refractivity contribution in [1.82, 2.24) is 9.88 Å². The Bertz CT molecular complexity index is 747. The molecule has 0 radical (unpaired) electrons. The van der Waals surface area contributed by atoms with E-state index in [9.17, 15) is 4.79 Å². The predicted octanol–water partition coefficient (Wildman–Crippen LogP) is 2.71. The number of nitrogens with zero attached hydrogens (tertiary/aromatic N) is 3. The van der Waals surface area contributed by atoms with Gasteiger partial charge in [0.25, 0.3) is 5.91 Å². The summed E-state index contributed by atoms with van der Waals surface area (Å²) >= 11 is 6.17. The minimum absolute atomic E-state index is 0.00778. The highest BCUT2D eigenvalue weighted by Crippen LogP contribution is 2.38. The number of ether oxygens (including phenoxy) is 2. The number of piperazine rings is 1. The number of halogens is 1. The number of hydrogen-bond acceptors (Lipinski definition) is 5. The molecule has 0 saturated carbocycles. The Hall–Kier alpha value is -2.47. The molecule has 1 aromatic carbocycles. The number of rotatable bonds is 4. The molecule has 0 bridgehead atoms. The third-order valence-electron chi connectivity index (χ3n) is 4.27. The summed E-state index contributed by atoms with van der Waals surface area (Å²) in [6.07, 6.45) is 3.26. The highest BCUT2D eigenvalue weighted by molar-refractivity contribution is 6.32. The number of methoxy groups -OCH3 is 2. The van der Waals surface area contributed by atoms with Crippen LogP contribution in [0.4, 0.5) is 5.69 Å². The molecule has 25 heavy (non-hydrogen) atoms. The standard InChI is InChI=1S/C18H20ClN3O3/c1-24-16-11-15(17(25-2)10-14(16)19)21-6-8-22(9-7-21)18(23)13-4-3-5-20-12-13/h3-5,10-12H,6-9H2,1-2H3. The van der Waals surface area contributed by atoms with Crippen LogP contribution in [0.5, 0.6) is 11.5 Å². The molecule has 7 heteroatoms. The zero-order valence-electron chi connectivity index (χ0n) is 14.2. The van der Waals surface area contributed by atoms with Gasteiger partial charge in [0.1, 0.15) is 11.5 Å². The zero-order valence-corrected chi connectivity index (χ0v) is 15.0. The summed E-state index contributed by atoms with van der Waals surface area (Å²) in [5.41, 5.74) is 1.53. The Balaban J connectivity index is 1.73. The molecule has 0 N–H and O–H groups in total. The van der Waals surface area contributed by atoms with Crippen LogP contribution in [0.15, 0.2) is 36.7 Å². The van der Waals surface area contributed by atoms with Crippen LogP contribution in [0.3, 0.4) is 0 Å². The first-order valence-electron chi connectivity index (χ1n) is 8.00. The lowest BCUT2D eigenvalue weighted by Crippen LogP contribution is -2.48. The van der Waals surface area contributed by atoms with E-state index in [-0.39, 0.29) is 5.91 Å². The molecule has 6 nitrogen and oxygen atoms in total. The first kappa shape index (κ1) is 17.4. The van der Waals surface area contributed by atoms with Crippen molar-refractivity contribution in [2.24, 2.45) is 0 Å². The number of pyridine rings is 1. The van der Waals surface area contributed by atoms with Crippen molar-refractivity contribution in [3.63, 3.8) is 0 Å². The lowest BCUT2D eigenvalue weighted by Gasteiger charge is -2.36. The topological polar surface area (TPSA) is 54.9 Å². The fraction of sp³-hybridized carbons (Fsp3) is 0.333. The molecule has 1 fully saturated rings. The van der Waals surface area contributed by atoms with Crippen LogP contribution in [0.25, 0.3) is 0 Å². The summed E-state index contributed by atoms with van der Waals surface area (Å²) in [5.74, 6) is 1.30. The second kappa shape index (κ2) is 7.61. The summed E-state index contributed by atoms with van der Waals surface area (Å²) in [4.78, 5) is 20.5. The van der Waals surface area contributed by atoms with E-state index in [1.807, 2.05) is 11.0 Å². The van der Waals surface area contributed by atoms with Crippen molar-refractivity contribution in [3.8, 4) is 11.5 Å². The Labute approximate surface area is 151 Å². The minimum atomic E-state index is 0.00778. The number of hydrogen-bond donors (Lipinski definition) is 0. The van der Waals surface area contributed by atoms with Crippen LogP contribution in [0, 0.1) is 0 Å². The number of carbonyl (C=O) groups is 1. The van der Waals surface area contributed by atoms with E-state index in [1.54, 1.807) is 44.8 Å². The van der Waals surface area contributed by atoms with Crippen LogP contribution in [-0.2, 0) is 0 Å². The maximum absolute atomic E-state index is 12.5. The summed E-state index contributed by atoms with van der Waals surface area (Å²) in [5, 5.41) is 0.508. The molecule has 0 unspecified atom stereocenters. The average Bonchev–Trinajstić information content (AvgIpc) is 2.68. The second-order valence-electron chi connectivity index (χ2n) is 5.68. The molecule has 1 aliphatic heterocycles. The minimum Gasteiger partial charge on any atom is -0.495 e. The second-order valence-corrected chi connectivity index (χ2v) is 6.09. The Morgan fingerprint density at radius 2 is 1.84 bits per heavy atom. The highest BCUT2D eigenvalue weighted by atomic mass is 35.5. The van der Waals surface area contributed by atoms with Crippen LogP contribution < -0.4 is 14.4 Å². The van der Waals surface area contributed by atoms with Gasteiger partial charge in [0.15, 0.2) is 0 Å². The van der Waals surface area contributed by atoms with E-state index in [1.165, 1.54) is 0 Å². The third kappa shape index (κ3) is 3.64. The molecule has 0 spiro atoms. The first-order valence-corrected chi connectivity index (χ1v) is 8.37. The van der Waals surface area contributed by atoms with Gasteiger partial charge in [0.2, 0.25) is 0 Å². The van der Waals surface area contributed by atoms with Gasteiger partial charge in [0.05, 0.1) is 30.5 Å². The van der Waals surface area contributed by atoms with E-state index in [0.717, 1.165) is 5.69 Å². The smallest absolute Gasteiger partial charge is 0.255 e. The van der Waals surface area contributed by atoms with E-state index >= 15 is 0 Å².